The smallest absolute Gasteiger partial charge is 0.290 e. The van der Waals surface area contributed by atoms with Gasteiger partial charge in [-0.15, -0.1) is 0 Å². The van der Waals surface area contributed by atoms with Crippen LogP contribution in [0.2, 0.25) is 0 Å². The fourth-order valence-electron chi connectivity index (χ4n) is 3.90. The van der Waals surface area contributed by atoms with Crippen LogP contribution in [-0.2, 0) is 9.53 Å². The second-order valence-corrected chi connectivity index (χ2v) is 7.25. The van der Waals surface area contributed by atoms with Gasteiger partial charge in [0.1, 0.15) is 5.58 Å². The number of benzene rings is 2. The number of nitrogens with zero attached hydrogens (tertiary/aromatic N) is 1. The molecule has 1 unspecified atom stereocenters. The van der Waals surface area contributed by atoms with Gasteiger partial charge in [-0.25, -0.2) is 0 Å². The number of hydrogen-bond donors (Lipinski definition) is 1. The number of carbonyl (C=O) groups excluding carboxylic acids is 2. The van der Waals surface area contributed by atoms with Crippen molar-refractivity contribution in [3.8, 4) is 11.5 Å². The monoisotopic (exact) mass is 437 g/mol. The van der Waals surface area contributed by atoms with Gasteiger partial charge in [0.05, 0.1) is 32.4 Å². The lowest BCUT2D eigenvalue weighted by Gasteiger charge is -2.27. The van der Waals surface area contributed by atoms with E-state index < -0.39 is 23.5 Å². The molecule has 0 saturated heterocycles. The number of hydrogen-bond acceptors (Lipinski definition) is 7. The summed E-state index contributed by atoms with van der Waals surface area (Å²) in [5, 5.41) is 11.5. The standard InChI is InChI=1S/C24H23NO7/c1-29-11-10-25-21(15-8-9-17(30-2)18(13-15)31-3)20(23(27)24(25)28)22(26)19-12-14-6-4-5-7-16(14)32-19/h4-9,12-13,21,27H,10-11H2,1-3H3. The quantitative estimate of drug-likeness (QED) is 0.537. The van der Waals surface area contributed by atoms with Gasteiger partial charge in [-0.2, -0.15) is 0 Å². The predicted octanol–water partition coefficient (Wildman–Crippen LogP) is 3.67. The Labute approximate surface area is 184 Å². The molecule has 2 aromatic carbocycles. The highest BCUT2D eigenvalue weighted by Crippen LogP contribution is 2.41. The Kier molecular flexibility index (Phi) is 5.87. The molecule has 0 spiro atoms. The predicted molar refractivity (Wildman–Crippen MR) is 116 cm³/mol. The van der Waals surface area contributed by atoms with Gasteiger partial charge >= 0.3 is 0 Å². The molecule has 3 aromatic rings. The summed E-state index contributed by atoms with van der Waals surface area (Å²) in [5.74, 6) is -0.840. The molecule has 8 heteroatoms. The Hall–Kier alpha value is -3.78. The summed E-state index contributed by atoms with van der Waals surface area (Å²) >= 11 is 0. The third-order valence-corrected chi connectivity index (χ3v) is 5.46. The first-order chi connectivity index (χ1) is 15.5. The van der Waals surface area contributed by atoms with Crippen LogP contribution in [0, 0.1) is 0 Å². The van der Waals surface area contributed by atoms with Crippen LogP contribution >= 0.6 is 0 Å². The molecule has 1 N–H and O–H groups in total. The van der Waals surface area contributed by atoms with Crippen LogP contribution in [0.25, 0.3) is 11.0 Å². The number of ether oxygens (including phenoxy) is 3. The first kappa shape index (κ1) is 21.5. The number of aliphatic hydroxyl groups excluding tert-OH is 1. The molecular weight excluding hydrogens is 414 g/mol. The highest BCUT2D eigenvalue weighted by atomic mass is 16.5. The van der Waals surface area contributed by atoms with E-state index in [9.17, 15) is 14.7 Å². The molecule has 1 atom stereocenters. The highest BCUT2D eigenvalue weighted by Gasteiger charge is 2.44. The lowest BCUT2D eigenvalue weighted by atomic mass is 9.94. The topological polar surface area (TPSA) is 98.4 Å². The van der Waals surface area contributed by atoms with Crippen molar-refractivity contribution in [2.75, 3.05) is 34.5 Å². The van der Waals surface area contributed by atoms with Crippen molar-refractivity contribution in [2.45, 2.75) is 6.04 Å². The Morgan fingerprint density at radius 1 is 1.06 bits per heavy atom. The van der Waals surface area contributed by atoms with Gasteiger partial charge in [0.15, 0.2) is 23.0 Å². The number of amides is 1. The zero-order valence-corrected chi connectivity index (χ0v) is 18.0. The molecule has 8 nitrogen and oxygen atoms in total. The first-order valence-corrected chi connectivity index (χ1v) is 9.98. The molecular formula is C24H23NO7. The minimum absolute atomic E-state index is 0.0413. The summed E-state index contributed by atoms with van der Waals surface area (Å²) in [4.78, 5) is 27.8. The summed E-state index contributed by atoms with van der Waals surface area (Å²) in [6.45, 7) is 0.407. The van der Waals surface area contributed by atoms with Crippen molar-refractivity contribution >= 4 is 22.7 Å². The maximum absolute atomic E-state index is 13.5. The average molecular weight is 437 g/mol. The Morgan fingerprint density at radius 2 is 1.81 bits per heavy atom. The van der Waals surface area contributed by atoms with E-state index in [0.29, 0.717) is 22.6 Å². The van der Waals surface area contributed by atoms with Gasteiger partial charge in [-0.3, -0.25) is 9.59 Å². The number of carbonyl (C=O) groups is 2. The van der Waals surface area contributed by atoms with Crippen LogP contribution in [-0.4, -0.2) is 56.2 Å². The molecule has 4 rings (SSSR count). The van der Waals surface area contributed by atoms with E-state index in [2.05, 4.69) is 0 Å². The maximum atomic E-state index is 13.5. The van der Waals surface area contributed by atoms with Crippen LogP contribution < -0.4 is 9.47 Å². The van der Waals surface area contributed by atoms with E-state index in [0.717, 1.165) is 5.39 Å². The summed E-state index contributed by atoms with van der Waals surface area (Å²) < 4.78 is 21.5. The molecule has 1 aromatic heterocycles. The summed E-state index contributed by atoms with van der Waals surface area (Å²) in [5.41, 5.74) is 1.06. The number of rotatable bonds is 8. The minimum Gasteiger partial charge on any atom is -0.503 e. The van der Waals surface area contributed by atoms with E-state index in [1.807, 2.05) is 12.1 Å². The van der Waals surface area contributed by atoms with Gasteiger partial charge in [-0.1, -0.05) is 24.3 Å². The average Bonchev–Trinajstić information content (AvgIpc) is 3.36. The van der Waals surface area contributed by atoms with Gasteiger partial charge in [-0.05, 0) is 29.8 Å². The Morgan fingerprint density at radius 3 is 2.50 bits per heavy atom. The van der Waals surface area contributed by atoms with Gasteiger partial charge < -0.3 is 28.6 Å². The number of aliphatic hydroxyl groups is 1. The molecule has 1 amide bonds. The van der Waals surface area contributed by atoms with Crippen molar-refractivity contribution in [3.05, 3.63) is 71.2 Å². The third-order valence-electron chi connectivity index (χ3n) is 5.46. The number of para-hydroxylation sites is 1. The van der Waals surface area contributed by atoms with Crippen molar-refractivity contribution in [1.82, 2.24) is 4.90 Å². The zero-order valence-electron chi connectivity index (χ0n) is 18.0. The number of Topliss-reactive ketones (excluding diaryl/α,β-unsaturated/α-hetero) is 1. The lowest BCUT2D eigenvalue weighted by Crippen LogP contribution is -2.34. The number of ketones is 1. The molecule has 32 heavy (non-hydrogen) atoms. The van der Waals surface area contributed by atoms with Crippen molar-refractivity contribution < 1.29 is 33.3 Å². The second kappa shape index (κ2) is 8.76. The summed E-state index contributed by atoms with van der Waals surface area (Å²) in [6.07, 6.45) is 0. The molecule has 1 aliphatic heterocycles. The largest absolute Gasteiger partial charge is 0.503 e. The van der Waals surface area contributed by atoms with E-state index in [-0.39, 0.29) is 24.5 Å². The van der Waals surface area contributed by atoms with Crippen molar-refractivity contribution in [1.29, 1.82) is 0 Å². The van der Waals surface area contributed by atoms with E-state index in [1.54, 1.807) is 36.4 Å². The molecule has 1 aliphatic rings. The molecule has 0 aliphatic carbocycles. The highest BCUT2D eigenvalue weighted by molar-refractivity contribution is 6.16. The summed E-state index contributed by atoms with van der Waals surface area (Å²) in [6, 6.07) is 13.0. The van der Waals surface area contributed by atoms with Gasteiger partial charge in [0, 0.05) is 19.0 Å². The summed E-state index contributed by atoms with van der Waals surface area (Å²) in [7, 11) is 4.53. The van der Waals surface area contributed by atoms with Gasteiger partial charge in [0.2, 0.25) is 5.78 Å². The minimum atomic E-state index is -0.849. The normalized spacial score (nSPS) is 16.2. The Balaban J connectivity index is 1.82. The van der Waals surface area contributed by atoms with E-state index >= 15 is 0 Å². The van der Waals surface area contributed by atoms with Crippen LogP contribution in [0.15, 0.2) is 64.3 Å². The second-order valence-electron chi connectivity index (χ2n) is 7.25. The zero-order chi connectivity index (χ0) is 22.8. The fraction of sp³-hybridized carbons (Fsp3) is 0.250. The Bertz CT molecular complexity index is 1180. The molecule has 166 valence electrons. The number of furan rings is 1. The third kappa shape index (κ3) is 3.58. The van der Waals surface area contributed by atoms with E-state index in [1.165, 1.54) is 26.2 Å². The van der Waals surface area contributed by atoms with Crippen molar-refractivity contribution in [2.24, 2.45) is 0 Å². The first-order valence-electron chi connectivity index (χ1n) is 9.98. The number of fused-ring (bicyclic) bond motifs is 1. The van der Waals surface area contributed by atoms with Crippen LogP contribution in [0.3, 0.4) is 0 Å². The molecule has 0 fully saturated rings. The van der Waals surface area contributed by atoms with Crippen LogP contribution in [0.5, 0.6) is 11.5 Å². The van der Waals surface area contributed by atoms with Crippen LogP contribution in [0.4, 0.5) is 0 Å². The van der Waals surface area contributed by atoms with Gasteiger partial charge in [0.25, 0.3) is 5.91 Å². The molecule has 2 heterocycles. The number of methoxy groups -OCH3 is 3. The SMILES string of the molecule is COCCN1C(=O)C(O)=C(C(=O)c2cc3ccccc3o2)C1c1ccc(OC)c(OC)c1. The fourth-order valence-corrected chi connectivity index (χ4v) is 3.90. The molecule has 0 bridgehead atoms. The van der Waals surface area contributed by atoms with Crippen molar-refractivity contribution in [3.63, 3.8) is 0 Å². The lowest BCUT2D eigenvalue weighted by molar-refractivity contribution is -0.130. The van der Waals surface area contributed by atoms with E-state index in [4.69, 9.17) is 18.6 Å². The molecule has 0 radical (unpaired) electrons. The maximum Gasteiger partial charge on any atom is 0.290 e. The van der Waals surface area contributed by atoms with Crippen LogP contribution in [0.1, 0.15) is 22.2 Å². The molecule has 0 saturated carbocycles.